The summed E-state index contributed by atoms with van der Waals surface area (Å²) < 4.78 is 8.71. The summed E-state index contributed by atoms with van der Waals surface area (Å²) in [5.74, 6) is 1.87. The van der Waals surface area contributed by atoms with Crippen LogP contribution < -0.4 is 0 Å². The van der Waals surface area contributed by atoms with E-state index in [1.165, 1.54) is 36.5 Å². The average molecular weight is 632 g/mol. The van der Waals surface area contributed by atoms with Crippen molar-refractivity contribution in [2.45, 2.75) is 0 Å². The van der Waals surface area contributed by atoms with Crippen molar-refractivity contribution >= 4 is 64.2 Å². The Hall–Kier alpha value is -6.17. The molecular weight excluding hydrogens is 607 g/mol. The van der Waals surface area contributed by atoms with E-state index < -0.39 is 0 Å². The molecule has 0 fully saturated rings. The predicted octanol–water partition coefficient (Wildman–Crippen LogP) is 12.0. The maximum absolute atomic E-state index is 6.26. The molecule has 0 aliphatic carbocycles. The van der Waals surface area contributed by atoms with Gasteiger partial charge in [-0.15, -0.1) is 11.3 Å². The summed E-state index contributed by atoms with van der Waals surface area (Å²) in [4.78, 5) is 15.4. The van der Waals surface area contributed by atoms with E-state index in [9.17, 15) is 0 Å². The van der Waals surface area contributed by atoms with E-state index in [1.807, 2.05) is 24.3 Å². The van der Waals surface area contributed by atoms with Gasteiger partial charge in [0, 0.05) is 47.6 Å². The van der Waals surface area contributed by atoms with E-state index in [0.717, 1.165) is 44.2 Å². The number of nitrogens with zero attached hydrogens (tertiary/aromatic N) is 3. The number of benzene rings is 7. The highest BCUT2D eigenvalue weighted by molar-refractivity contribution is 7.25. The van der Waals surface area contributed by atoms with Crippen molar-refractivity contribution in [2.75, 3.05) is 0 Å². The van der Waals surface area contributed by atoms with Crippen molar-refractivity contribution in [3.05, 3.63) is 152 Å². The fourth-order valence-corrected chi connectivity index (χ4v) is 7.99. The zero-order chi connectivity index (χ0) is 31.6. The average Bonchev–Trinajstić information content (AvgIpc) is 3.72. The Balaban J connectivity index is 1.16. The molecule has 0 spiro atoms. The van der Waals surface area contributed by atoms with Crippen LogP contribution in [-0.4, -0.2) is 15.0 Å². The van der Waals surface area contributed by atoms with Crippen LogP contribution in [0.3, 0.4) is 0 Å². The van der Waals surface area contributed by atoms with Gasteiger partial charge in [0.05, 0.1) is 0 Å². The molecule has 0 saturated carbocycles. The number of rotatable bonds is 4. The van der Waals surface area contributed by atoms with Crippen LogP contribution in [0.25, 0.3) is 98.2 Å². The zero-order valence-electron chi connectivity index (χ0n) is 25.6. The van der Waals surface area contributed by atoms with Crippen LogP contribution in [0.2, 0.25) is 0 Å². The molecule has 0 atom stereocenters. The molecule has 0 aliphatic heterocycles. The van der Waals surface area contributed by atoms with Crippen molar-refractivity contribution in [1.29, 1.82) is 0 Å². The Bertz CT molecular complexity index is 2840. The topological polar surface area (TPSA) is 51.8 Å². The van der Waals surface area contributed by atoms with Gasteiger partial charge in [0.15, 0.2) is 17.5 Å². The van der Waals surface area contributed by atoms with Gasteiger partial charge in [-0.05, 0) is 52.2 Å². The third-order valence-electron chi connectivity index (χ3n) is 9.16. The van der Waals surface area contributed by atoms with Gasteiger partial charge < -0.3 is 4.42 Å². The van der Waals surface area contributed by atoms with Gasteiger partial charge in [0.1, 0.15) is 11.2 Å². The van der Waals surface area contributed by atoms with E-state index in [4.69, 9.17) is 19.4 Å². The molecular formula is C43H25N3OS. The SMILES string of the molecule is c1ccc2c(-c3ccc(-c4nc(-c5ccc6c(c5)oc5ccccc56)nc(-c5cccc6sc7ccccc7c56)n4)cc3)cccc2c1. The largest absolute Gasteiger partial charge is 0.456 e. The van der Waals surface area contributed by atoms with E-state index in [-0.39, 0.29) is 0 Å². The Morgan fingerprint density at radius 1 is 0.396 bits per heavy atom. The molecule has 5 heteroatoms. The highest BCUT2D eigenvalue weighted by Gasteiger charge is 2.18. The Morgan fingerprint density at radius 2 is 1.00 bits per heavy atom. The van der Waals surface area contributed by atoms with Crippen LogP contribution in [0.1, 0.15) is 0 Å². The first-order chi connectivity index (χ1) is 23.8. The van der Waals surface area contributed by atoms with Gasteiger partial charge in [-0.1, -0.05) is 121 Å². The van der Waals surface area contributed by atoms with Crippen LogP contribution in [0, 0.1) is 0 Å². The number of para-hydroxylation sites is 1. The molecule has 48 heavy (non-hydrogen) atoms. The van der Waals surface area contributed by atoms with Crippen molar-refractivity contribution in [3.8, 4) is 45.3 Å². The van der Waals surface area contributed by atoms with Gasteiger partial charge in [-0.3, -0.25) is 0 Å². The number of furan rings is 1. The summed E-state index contributed by atoms with van der Waals surface area (Å²) in [6, 6.07) is 52.8. The molecule has 0 radical (unpaired) electrons. The van der Waals surface area contributed by atoms with E-state index in [1.54, 1.807) is 11.3 Å². The minimum Gasteiger partial charge on any atom is -0.456 e. The third kappa shape index (κ3) is 4.33. The van der Waals surface area contributed by atoms with Crippen molar-refractivity contribution in [3.63, 3.8) is 0 Å². The van der Waals surface area contributed by atoms with Gasteiger partial charge >= 0.3 is 0 Å². The molecule has 224 valence electrons. The highest BCUT2D eigenvalue weighted by Crippen LogP contribution is 2.40. The summed E-state index contributed by atoms with van der Waals surface area (Å²) >= 11 is 1.79. The van der Waals surface area contributed by atoms with Gasteiger partial charge in [-0.2, -0.15) is 0 Å². The lowest BCUT2D eigenvalue weighted by Gasteiger charge is -2.11. The molecule has 0 N–H and O–H groups in total. The van der Waals surface area contributed by atoms with Crippen LogP contribution in [0.15, 0.2) is 156 Å². The maximum atomic E-state index is 6.26. The molecule has 10 rings (SSSR count). The van der Waals surface area contributed by atoms with E-state index in [0.29, 0.717) is 17.5 Å². The summed E-state index contributed by atoms with van der Waals surface area (Å²) in [6.45, 7) is 0. The minimum absolute atomic E-state index is 0.604. The second kappa shape index (κ2) is 10.7. The van der Waals surface area contributed by atoms with Crippen LogP contribution in [0.5, 0.6) is 0 Å². The first-order valence-electron chi connectivity index (χ1n) is 15.9. The van der Waals surface area contributed by atoms with E-state index >= 15 is 0 Å². The number of thiophene rings is 1. The van der Waals surface area contributed by atoms with E-state index in [2.05, 4.69) is 127 Å². The summed E-state index contributed by atoms with van der Waals surface area (Å²) in [5.41, 5.74) is 6.82. The molecule has 4 nitrogen and oxygen atoms in total. The molecule has 3 aromatic heterocycles. The lowest BCUT2D eigenvalue weighted by molar-refractivity contribution is 0.669. The standard InChI is InChI=1S/C43H25N3OS/c1-2-11-30-26(9-1)10-7-14-31(30)27-19-21-28(22-20-27)41-44-42(29-23-24-33-32-12-3-5-16-36(32)47-37(33)25-29)46-43(45-41)35-15-8-18-39-40(35)34-13-4-6-17-38(34)48-39/h1-25H. The zero-order valence-corrected chi connectivity index (χ0v) is 26.4. The fraction of sp³-hybridized carbons (Fsp3) is 0. The molecule has 3 heterocycles. The molecule has 7 aromatic carbocycles. The van der Waals surface area contributed by atoms with Gasteiger partial charge in [0.2, 0.25) is 0 Å². The number of fused-ring (bicyclic) bond motifs is 7. The molecule has 0 bridgehead atoms. The smallest absolute Gasteiger partial charge is 0.164 e. The van der Waals surface area contributed by atoms with Crippen molar-refractivity contribution in [1.82, 2.24) is 15.0 Å². The lowest BCUT2D eigenvalue weighted by atomic mass is 9.97. The van der Waals surface area contributed by atoms with Crippen LogP contribution >= 0.6 is 11.3 Å². The molecule has 0 unspecified atom stereocenters. The quantitative estimate of drug-likeness (QED) is 0.194. The van der Waals surface area contributed by atoms with Crippen molar-refractivity contribution < 1.29 is 4.42 Å². The molecule has 0 amide bonds. The monoisotopic (exact) mass is 631 g/mol. The van der Waals surface area contributed by atoms with Crippen LogP contribution in [-0.2, 0) is 0 Å². The minimum atomic E-state index is 0.604. The fourth-order valence-electron chi connectivity index (χ4n) is 6.86. The molecule has 10 aromatic rings. The van der Waals surface area contributed by atoms with Crippen LogP contribution in [0.4, 0.5) is 0 Å². The highest BCUT2D eigenvalue weighted by atomic mass is 32.1. The number of hydrogen-bond acceptors (Lipinski definition) is 5. The lowest BCUT2D eigenvalue weighted by Crippen LogP contribution is -2.00. The third-order valence-corrected chi connectivity index (χ3v) is 10.3. The normalized spacial score (nSPS) is 11.8. The molecule has 0 saturated heterocycles. The maximum Gasteiger partial charge on any atom is 0.164 e. The van der Waals surface area contributed by atoms with Gasteiger partial charge in [-0.25, -0.2) is 15.0 Å². The Labute approximate surface area is 279 Å². The van der Waals surface area contributed by atoms with Crippen molar-refractivity contribution in [2.24, 2.45) is 0 Å². The van der Waals surface area contributed by atoms with Gasteiger partial charge in [0.25, 0.3) is 0 Å². The number of aromatic nitrogens is 3. The summed E-state index contributed by atoms with van der Waals surface area (Å²) in [5, 5.41) is 7.00. The first kappa shape index (κ1) is 27.0. The second-order valence-corrected chi connectivity index (χ2v) is 13.1. The summed E-state index contributed by atoms with van der Waals surface area (Å²) in [7, 11) is 0. The first-order valence-corrected chi connectivity index (χ1v) is 16.8. The predicted molar refractivity (Wildman–Crippen MR) is 199 cm³/mol. The second-order valence-electron chi connectivity index (χ2n) is 12.0. The number of hydrogen-bond donors (Lipinski definition) is 0. The Kier molecular flexibility index (Phi) is 6.01. The summed E-state index contributed by atoms with van der Waals surface area (Å²) in [6.07, 6.45) is 0. The Morgan fingerprint density at radius 3 is 1.90 bits per heavy atom. The molecule has 0 aliphatic rings.